The van der Waals surface area contributed by atoms with Gasteiger partial charge in [0.1, 0.15) is 0 Å². The minimum Gasteiger partial charge on any atom is -0.0984 e. The maximum atomic E-state index is 4.05. The molecule has 0 radical (unpaired) electrons. The Morgan fingerprint density at radius 2 is 1.29 bits per heavy atom. The molecule has 0 spiro atoms. The third-order valence-corrected chi connectivity index (χ3v) is 4.42. The van der Waals surface area contributed by atoms with Crippen molar-refractivity contribution in [1.29, 1.82) is 0 Å². The van der Waals surface area contributed by atoms with Crippen LogP contribution in [-0.2, 0) is 0 Å². The van der Waals surface area contributed by atoms with Crippen molar-refractivity contribution in [3.05, 3.63) is 109 Å². The summed E-state index contributed by atoms with van der Waals surface area (Å²) in [5, 5.41) is 5.09. The molecule has 0 nitrogen and oxygen atoms in total. The van der Waals surface area contributed by atoms with Crippen LogP contribution in [0.25, 0.3) is 33.2 Å². The van der Waals surface area contributed by atoms with E-state index in [1.54, 1.807) is 0 Å². The van der Waals surface area contributed by atoms with Gasteiger partial charge >= 0.3 is 0 Å². The van der Waals surface area contributed by atoms with E-state index in [-0.39, 0.29) is 0 Å². The van der Waals surface area contributed by atoms with Gasteiger partial charge in [-0.1, -0.05) is 91.5 Å². The van der Waals surface area contributed by atoms with Gasteiger partial charge in [-0.3, -0.25) is 0 Å². The lowest BCUT2D eigenvalue weighted by Gasteiger charge is -2.12. The minimum atomic E-state index is 1.14. The van der Waals surface area contributed by atoms with Gasteiger partial charge in [0, 0.05) is 0 Å². The molecule has 0 N–H and O–H groups in total. The Kier molecular flexibility index (Phi) is 3.72. The lowest BCUT2D eigenvalue weighted by Crippen LogP contribution is -1.87. The van der Waals surface area contributed by atoms with Crippen LogP contribution in [0.15, 0.2) is 97.6 Å². The van der Waals surface area contributed by atoms with E-state index < -0.39 is 0 Å². The highest BCUT2D eigenvalue weighted by Gasteiger charge is 2.08. The van der Waals surface area contributed by atoms with Crippen molar-refractivity contribution in [2.24, 2.45) is 0 Å². The summed E-state index contributed by atoms with van der Waals surface area (Å²) in [5.74, 6) is 0. The van der Waals surface area contributed by atoms with Crippen LogP contribution in [-0.4, -0.2) is 0 Å². The lowest BCUT2D eigenvalue weighted by atomic mass is 9.92. The fraction of sp³-hybridized carbons (Fsp3) is 0. The van der Waals surface area contributed by atoms with E-state index in [9.17, 15) is 0 Å². The SMILES string of the molecule is C=C/C(=C\c1ccccc1)c1cc2ccccc2c2ccccc12. The Morgan fingerprint density at radius 1 is 0.667 bits per heavy atom. The molecule has 0 aliphatic rings. The number of rotatable bonds is 3. The van der Waals surface area contributed by atoms with Crippen LogP contribution in [0.5, 0.6) is 0 Å². The summed E-state index contributed by atoms with van der Waals surface area (Å²) in [7, 11) is 0. The molecule has 4 rings (SSSR count). The highest BCUT2D eigenvalue weighted by Crippen LogP contribution is 2.33. The first-order chi connectivity index (χ1) is 11.9. The van der Waals surface area contributed by atoms with Crippen molar-refractivity contribution in [2.45, 2.75) is 0 Å². The van der Waals surface area contributed by atoms with Gasteiger partial charge in [-0.05, 0) is 50.4 Å². The second-order valence-electron chi connectivity index (χ2n) is 5.91. The fourth-order valence-corrected chi connectivity index (χ4v) is 3.27. The van der Waals surface area contributed by atoms with Gasteiger partial charge in [0.15, 0.2) is 0 Å². The van der Waals surface area contributed by atoms with Gasteiger partial charge in [-0.25, -0.2) is 0 Å². The van der Waals surface area contributed by atoms with E-state index in [2.05, 4.69) is 91.5 Å². The first-order valence-electron chi connectivity index (χ1n) is 8.17. The largest absolute Gasteiger partial charge is 0.0984 e. The maximum absolute atomic E-state index is 4.05. The smallest absolute Gasteiger partial charge is 0.00990 e. The molecule has 0 saturated heterocycles. The minimum absolute atomic E-state index is 1.14. The third kappa shape index (κ3) is 2.53. The average molecular weight is 306 g/mol. The highest BCUT2D eigenvalue weighted by atomic mass is 14.1. The number of benzene rings is 4. The van der Waals surface area contributed by atoms with Crippen molar-refractivity contribution >= 4 is 33.2 Å². The summed E-state index contributed by atoms with van der Waals surface area (Å²) in [6, 6.07) is 29.8. The number of hydrogen-bond acceptors (Lipinski definition) is 0. The molecular weight excluding hydrogens is 288 g/mol. The molecule has 114 valence electrons. The number of allylic oxidation sites excluding steroid dienone is 2. The molecule has 0 heteroatoms. The van der Waals surface area contributed by atoms with Crippen molar-refractivity contribution in [3.8, 4) is 0 Å². The molecule has 0 aromatic heterocycles. The molecule has 0 unspecified atom stereocenters. The zero-order chi connectivity index (χ0) is 16.4. The maximum Gasteiger partial charge on any atom is -0.00990 e. The average Bonchev–Trinajstić information content (AvgIpc) is 2.66. The molecule has 0 aliphatic heterocycles. The third-order valence-electron chi connectivity index (χ3n) is 4.42. The first kappa shape index (κ1) is 14.5. The van der Waals surface area contributed by atoms with Crippen LogP contribution in [0, 0.1) is 0 Å². The van der Waals surface area contributed by atoms with Crippen molar-refractivity contribution in [2.75, 3.05) is 0 Å². The summed E-state index contributed by atoms with van der Waals surface area (Å²) < 4.78 is 0. The molecule has 0 fully saturated rings. The molecule has 4 aromatic carbocycles. The Morgan fingerprint density at radius 3 is 2.04 bits per heavy atom. The van der Waals surface area contributed by atoms with Gasteiger partial charge in [0.25, 0.3) is 0 Å². The predicted molar refractivity (Wildman–Crippen MR) is 106 cm³/mol. The molecular formula is C24H18. The van der Waals surface area contributed by atoms with E-state index >= 15 is 0 Å². The Hall–Kier alpha value is -3.12. The van der Waals surface area contributed by atoms with Crippen LogP contribution >= 0.6 is 0 Å². The van der Waals surface area contributed by atoms with Crippen molar-refractivity contribution in [1.82, 2.24) is 0 Å². The summed E-state index contributed by atoms with van der Waals surface area (Å²) in [4.78, 5) is 0. The van der Waals surface area contributed by atoms with E-state index in [0.29, 0.717) is 0 Å². The summed E-state index contributed by atoms with van der Waals surface area (Å²) >= 11 is 0. The van der Waals surface area contributed by atoms with Gasteiger partial charge in [-0.15, -0.1) is 0 Å². The monoisotopic (exact) mass is 306 g/mol. The molecule has 0 bridgehead atoms. The van der Waals surface area contributed by atoms with Gasteiger partial charge in [-0.2, -0.15) is 0 Å². The number of hydrogen-bond donors (Lipinski definition) is 0. The summed E-state index contributed by atoms with van der Waals surface area (Å²) in [6.07, 6.45) is 4.15. The van der Waals surface area contributed by atoms with Crippen LogP contribution in [0.2, 0.25) is 0 Å². The Balaban J connectivity index is 2.04. The Bertz CT molecular complexity index is 1050. The fourth-order valence-electron chi connectivity index (χ4n) is 3.27. The van der Waals surface area contributed by atoms with Crippen LogP contribution < -0.4 is 0 Å². The molecule has 0 amide bonds. The molecule has 0 heterocycles. The molecule has 0 aliphatic carbocycles. The molecule has 0 saturated carbocycles. The topological polar surface area (TPSA) is 0 Å². The van der Waals surface area contributed by atoms with Crippen molar-refractivity contribution < 1.29 is 0 Å². The van der Waals surface area contributed by atoms with Gasteiger partial charge in [0.05, 0.1) is 0 Å². The summed E-state index contributed by atoms with van der Waals surface area (Å²) in [5.41, 5.74) is 3.55. The van der Waals surface area contributed by atoms with Crippen LogP contribution in [0.3, 0.4) is 0 Å². The normalized spacial score (nSPS) is 11.8. The van der Waals surface area contributed by atoms with Crippen molar-refractivity contribution in [3.63, 3.8) is 0 Å². The van der Waals surface area contributed by atoms with E-state index in [4.69, 9.17) is 0 Å². The predicted octanol–water partition coefficient (Wildman–Crippen LogP) is 6.72. The van der Waals surface area contributed by atoms with Crippen LogP contribution in [0.1, 0.15) is 11.1 Å². The zero-order valence-corrected chi connectivity index (χ0v) is 13.4. The van der Waals surface area contributed by atoms with E-state index in [1.165, 1.54) is 32.7 Å². The zero-order valence-electron chi connectivity index (χ0n) is 13.4. The highest BCUT2D eigenvalue weighted by molar-refractivity contribution is 6.13. The molecule has 24 heavy (non-hydrogen) atoms. The second-order valence-corrected chi connectivity index (χ2v) is 5.91. The second kappa shape index (κ2) is 6.17. The molecule has 0 atom stereocenters. The van der Waals surface area contributed by atoms with Gasteiger partial charge in [0.2, 0.25) is 0 Å². The summed E-state index contributed by atoms with van der Waals surface area (Å²) in [6.45, 7) is 4.05. The standard InChI is InChI=1S/C24H18/c1-2-19(16-18-10-4-3-5-11-18)24-17-20-12-6-7-13-21(20)22-14-8-9-15-23(22)24/h2-17H,1H2/b19-16+. The first-order valence-corrected chi connectivity index (χ1v) is 8.17. The van der Waals surface area contributed by atoms with E-state index in [0.717, 1.165) is 5.57 Å². The molecule has 4 aromatic rings. The Labute approximate surface area is 142 Å². The van der Waals surface area contributed by atoms with E-state index in [1.807, 2.05) is 12.1 Å². The quantitative estimate of drug-likeness (QED) is 0.224. The number of fused-ring (bicyclic) bond motifs is 3. The lowest BCUT2D eigenvalue weighted by molar-refractivity contribution is 1.65. The van der Waals surface area contributed by atoms with Gasteiger partial charge < -0.3 is 0 Å². The van der Waals surface area contributed by atoms with Crippen LogP contribution in [0.4, 0.5) is 0 Å².